The number of nitrogens with one attached hydrogen (secondary N) is 1. The molecule has 0 heterocycles. The number of halogens is 1. The van der Waals surface area contributed by atoms with Crippen molar-refractivity contribution in [3.8, 4) is 11.5 Å². The number of rotatable bonds is 14. The number of hydrogen-bond acceptors (Lipinski definition) is 5. The normalized spacial score (nSPS) is 13.8. The van der Waals surface area contributed by atoms with Gasteiger partial charge in [0.1, 0.15) is 24.1 Å². The SMILES string of the molecule is Cc1ccc(S(=O)(=O)N(CC(=O)N(Cc2ccc(Cl)cc2)C(Cc2ccccc2)C(=O)NC2CCCCC2)c2ccc(Oc3ccccc3)cc2)cc1. The molecule has 1 aliphatic rings. The van der Waals surface area contributed by atoms with E-state index in [-0.39, 0.29) is 35.5 Å². The molecule has 10 heteroatoms. The van der Waals surface area contributed by atoms with Crippen molar-refractivity contribution >= 4 is 39.1 Å². The fourth-order valence-electron chi connectivity index (χ4n) is 6.56. The highest BCUT2D eigenvalue weighted by Gasteiger charge is 2.35. The Morgan fingerprint density at radius 3 is 2.00 bits per heavy atom. The molecule has 53 heavy (non-hydrogen) atoms. The van der Waals surface area contributed by atoms with Gasteiger partial charge in [-0.25, -0.2) is 8.42 Å². The van der Waals surface area contributed by atoms with Gasteiger partial charge in [0.15, 0.2) is 0 Å². The van der Waals surface area contributed by atoms with E-state index in [0.29, 0.717) is 16.5 Å². The molecule has 0 aliphatic heterocycles. The van der Waals surface area contributed by atoms with Crippen LogP contribution in [0.5, 0.6) is 11.5 Å². The number of hydrogen-bond donors (Lipinski definition) is 1. The molecule has 1 atom stereocenters. The van der Waals surface area contributed by atoms with Crippen molar-refractivity contribution in [1.29, 1.82) is 0 Å². The van der Waals surface area contributed by atoms with Crippen LogP contribution in [-0.2, 0) is 32.6 Å². The molecule has 0 saturated heterocycles. The second-order valence-electron chi connectivity index (χ2n) is 13.4. The van der Waals surface area contributed by atoms with Gasteiger partial charge in [0, 0.05) is 24.0 Å². The minimum Gasteiger partial charge on any atom is -0.457 e. The summed E-state index contributed by atoms with van der Waals surface area (Å²) in [5.41, 5.74) is 2.80. The first-order chi connectivity index (χ1) is 25.7. The molecular weight excluding hydrogens is 706 g/mol. The molecule has 1 unspecified atom stereocenters. The van der Waals surface area contributed by atoms with Crippen molar-refractivity contribution in [3.63, 3.8) is 0 Å². The van der Waals surface area contributed by atoms with Crippen molar-refractivity contribution in [2.24, 2.45) is 0 Å². The number of amides is 2. The predicted octanol–water partition coefficient (Wildman–Crippen LogP) is 8.73. The van der Waals surface area contributed by atoms with Crippen LogP contribution < -0.4 is 14.4 Å². The minimum absolute atomic E-state index is 0.0111. The molecule has 6 rings (SSSR count). The molecule has 5 aromatic carbocycles. The third-order valence-corrected chi connectivity index (χ3v) is 11.5. The Morgan fingerprint density at radius 2 is 1.36 bits per heavy atom. The number of para-hydroxylation sites is 1. The Kier molecular flexibility index (Phi) is 12.5. The van der Waals surface area contributed by atoms with Gasteiger partial charge in [-0.15, -0.1) is 0 Å². The van der Waals surface area contributed by atoms with Crippen molar-refractivity contribution in [2.75, 3.05) is 10.8 Å². The summed E-state index contributed by atoms with van der Waals surface area (Å²) in [7, 11) is -4.25. The molecule has 0 bridgehead atoms. The number of carbonyl (C=O) groups is 2. The average Bonchev–Trinajstić information content (AvgIpc) is 3.17. The van der Waals surface area contributed by atoms with Crippen molar-refractivity contribution in [1.82, 2.24) is 10.2 Å². The first kappa shape index (κ1) is 37.6. The summed E-state index contributed by atoms with van der Waals surface area (Å²) in [5, 5.41) is 3.78. The van der Waals surface area contributed by atoms with Crippen molar-refractivity contribution in [2.45, 2.75) is 69.0 Å². The molecule has 8 nitrogen and oxygen atoms in total. The molecule has 2 amide bonds. The van der Waals surface area contributed by atoms with Gasteiger partial charge in [-0.05, 0) is 91.6 Å². The van der Waals surface area contributed by atoms with Crippen LogP contribution in [0.15, 0.2) is 138 Å². The Balaban J connectivity index is 1.38. The van der Waals surface area contributed by atoms with E-state index in [1.807, 2.05) is 79.7 Å². The molecule has 1 N–H and O–H groups in total. The summed E-state index contributed by atoms with van der Waals surface area (Å²) >= 11 is 6.22. The lowest BCUT2D eigenvalue weighted by atomic mass is 9.94. The largest absolute Gasteiger partial charge is 0.457 e. The fraction of sp³-hybridized carbons (Fsp3) is 0.256. The minimum atomic E-state index is -4.25. The molecule has 0 radical (unpaired) electrons. The van der Waals surface area contributed by atoms with E-state index in [1.165, 1.54) is 17.0 Å². The second kappa shape index (κ2) is 17.6. The highest BCUT2D eigenvalue weighted by Crippen LogP contribution is 2.29. The first-order valence-corrected chi connectivity index (χ1v) is 19.8. The Morgan fingerprint density at radius 1 is 0.755 bits per heavy atom. The summed E-state index contributed by atoms with van der Waals surface area (Å²) in [4.78, 5) is 30.7. The molecule has 0 spiro atoms. The zero-order valence-electron chi connectivity index (χ0n) is 29.7. The summed E-state index contributed by atoms with van der Waals surface area (Å²) in [6.45, 7) is 1.39. The van der Waals surface area contributed by atoms with Crippen molar-refractivity contribution in [3.05, 3.63) is 155 Å². The van der Waals surface area contributed by atoms with Crippen LogP contribution in [0.25, 0.3) is 0 Å². The van der Waals surface area contributed by atoms with Gasteiger partial charge in [-0.1, -0.05) is 109 Å². The van der Waals surface area contributed by atoms with Crippen LogP contribution in [0.3, 0.4) is 0 Å². The van der Waals surface area contributed by atoms with Crippen LogP contribution in [0, 0.1) is 6.92 Å². The average molecular weight is 750 g/mol. The zero-order chi connectivity index (χ0) is 37.2. The number of nitrogens with zero attached hydrogens (tertiary/aromatic N) is 2. The third-order valence-electron chi connectivity index (χ3n) is 9.48. The number of sulfonamides is 1. The van der Waals surface area contributed by atoms with Crippen molar-refractivity contribution < 1.29 is 22.7 Å². The van der Waals surface area contributed by atoms with Crippen LogP contribution in [0.4, 0.5) is 5.69 Å². The van der Waals surface area contributed by atoms with E-state index in [0.717, 1.165) is 53.1 Å². The lowest BCUT2D eigenvalue weighted by molar-refractivity contribution is -0.140. The van der Waals surface area contributed by atoms with E-state index < -0.39 is 28.5 Å². The van der Waals surface area contributed by atoms with Gasteiger partial charge in [0.25, 0.3) is 10.0 Å². The topological polar surface area (TPSA) is 96.0 Å². The van der Waals surface area contributed by atoms with Gasteiger partial charge >= 0.3 is 0 Å². The Hall–Kier alpha value is -5.12. The number of carbonyl (C=O) groups excluding carboxylic acids is 2. The highest BCUT2D eigenvalue weighted by atomic mass is 35.5. The molecular formula is C43H44ClN3O5S. The standard InChI is InChI=1S/C43H44ClN3O5S/c1-32-17-27-40(28-18-32)53(50,51)47(37-23-25-39(26-24-37)52-38-15-9-4-10-16-38)31-42(48)46(30-34-19-21-35(44)22-20-34)41(29-33-11-5-2-6-12-33)43(49)45-36-13-7-3-8-14-36/h2,4-6,9-12,15-28,36,41H,3,7-8,13-14,29-31H2,1H3,(H,45,49). The predicted molar refractivity (Wildman–Crippen MR) is 210 cm³/mol. The quantitative estimate of drug-likeness (QED) is 0.123. The van der Waals surface area contributed by atoms with Gasteiger partial charge in [0.2, 0.25) is 11.8 Å². The number of aryl methyl sites for hydroxylation is 1. The summed E-state index contributed by atoms with van der Waals surface area (Å²) in [6, 6.07) is 38.1. The number of ether oxygens (including phenoxy) is 1. The van der Waals surface area contributed by atoms with Gasteiger partial charge < -0.3 is 15.0 Å². The van der Waals surface area contributed by atoms with E-state index in [2.05, 4.69) is 5.32 Å². The third kappa shape index (κ3) is 10.1. The Bertz CT molecular complexity index is 2060. The molecule has 1 fully saturated rings. The lowest BCUT2D eigenvalue weighted by Gasteiger charge is -2.35. The van der Waals surface area contributed by atoms with Gasteiger partial charge in [-0.2, -0.15) is 0 Å². The molecule has 274 valence electrons. The summed E-state index contributed by atoms with van der Waals surface area (Å²) in [6.07, 6.45) is 5.19. The molecule has 0 aromatic heterocycles. The summed E-state index contributed by atoms with van der Waals surface area (Å²) in [5.74, 6) is 0.345. The number of benzene rings is 5. The Labute approximate surface area is 317 Å². The van der Waals surface area contributed by atoms with E-state index >= 15 is 0 Å². The zero-order valence-corrected chi connectivity index (χ0v) is 31.3. The van der Waals surface area contributed by atoms with Crippen LogP contribution in [0.2, 0.25) is 5.02 Å². The maximum atomic E-state index is 14.9. The molecule has 5 aromatic rings. The van der Waals surface area contributed by atoms with Crippen LogP contribution >= 0.6 is 11.6 Å². The fourth-order valence-corrected chi connectivity index (χ4v) is 8.10. The van der Waals surface area contributed by atoms with E-state index in [9.17, 15) is 18.0 Å². The van der Waals surface area contributed by atoms with Crippen LogP contribution in [0.1, 0.15) is 48.8 Å². The van der Waals surface area contributed by atoms with E-state index in [1.54, 1.807) is 48.5 Å². The molecule has 1 aliphatic carbocycles. The van der Waals surface area contributed by atoms with Crippen LogP contribution in [-0.4, -0.2) is 43.8 Å². The lowest BCUT2D eigenvalue weighted by Crippen LogP contribution is -2.55. The summed E-state index contributed by atoms with van der Waals surface area (Å²) < 4.78 is 36.0. The second-order valence-corrected chi connectivity index (χ2v) is 15.7. The monoisotopic (exact) mass is 749 g/mol. The van der Waals surface area contributed by atoms with Gasteiger partial charge in [0.05, 0.1) is 10.6 Å². The maximum Gasteiger partial charge on any atom is 0.264 e. The van der Waals surface area contributed by atoms with E-state index in [4.69, 9.17) is 16.3 Å². The first-order valence-electron chi connectivity index (χ1n) is 18.0. The maximum absolute atomic E-state index is 14.9. The van der Waals surface area contributed by atoms with Gasteiger partial charge in [-0.3, -0.25) is 13.9 Å². The smallest absolute Gasteiger partial charge is 0.264 e. The number of anilines is 1. The molecule has 1 saturated carbocycles. The highest BCUT2D eigenvalue weighted by molar-refractivity contribution is 7.92.